The summed E-state index contributed by atoms with van der Waals surface area (Å²) in [5.74, 6) is -0.439. The summed E-state index contributed by atoms with van der Waals surface area (Å²) in [5.41, 5.74) is 5.12. The van der Waals surface area contributed by atoms with Gasteiger partial charge in [0.1, 0.15) is 16.5 Å². The highest BCUT2D eigenvalue weighted by molar-refractivity contribution is 7.83. The molecule has 0 amide bonds. The Bertz CT molecular complexity index is 1280. The summed E-state index contributed by atoms with van der Waals surface area (Å²) in [4.78, 5) is 16.4. The maximum absolute atomic E-state index is 12.6. The van der Waals surface area contributed by atoms with Crippen molar-refractivity contribution in [1.29, 1.82) is 0 Å². The van der Waals surface area contributed by atoms with E-state index in [-0.39, 0.29) is 5.56 Å². The Balaban J connectivity index is 1.44. The summed E-state index contributed by atoms with van der Waals surface area (Å²) in [6.45, 7) is 4.04. The first-order valence-electron chi connectivity index (χ1n) is 9.87. The number of carbonyl (C=O) groups is 1. The Morgan fingerprint density at radius 3 is 2.61 bits per heavy atom. The van der Waals surface area contributed by atoms with Gasteiger partial charge in [0.05, 0.1) is 10.5 Å². The predicted octanol–water partition coefficient (Wildman–Crippen LogP) is 4.66. The molecule has 1 heterocycles. The van der Waals surface area contributed by atoms with Crippen LogP contribution in [0.15, 0.2) is 70.0 Å². The van der Waals surface area contributed by atoms with E-state index in [0.29, 0.717) is 29.3 Å². The number of nitrogens with one attached hydrogen (secondary N) is 1. The predicted molar refractivity (Wildman–Crippen MR) is 120 cm³/mol. The van der Waals surface area contributed by atoms with E-state index >= 15 is 0 Å². The van der Waals surface area contributed by atoms with Gasteiger partial charge in [-0.15, -0.1) is 0 Å². The lowest BCUT2D eigenvalue weighted by Gasteiger charge is -2.10. The molecule has 0 bridgehead atoms. The van der Waals surface area contributed by atoms with Crippen molar-refractivity contribution in [1.82, 2.24) is 9.71 Å². The zero-order valence-corrected chi connectivity index (χ0v) is 18.0. The average Bonchev–Trinajstić information content (AvgIpc) is 3.19. The fraction of sp³-hybridized carbons (Fsp3) is 0.167. The van der Waals surface area contributed by atoms with Crippen LogP contribution in [0.4, 0.5) is 0 Å². The summed E-state index contributed by atoms with van der Waals surface area (Å²) in [5, 5.41) is 9.35. The molecule has 0 saturated heterocycles. The van der Waals surface area contributed by atoms with Gasteiger partial charge >= 0.3 is 5.97 Å². The maximum Gasteiger partial charge on any atom is 0.336 e. The number of hydrogen-bond donors (Lipinski definition) is 2. The molecule has 3 aromatic carbocycles. The van der Waals surface area contributed by atoms with Crippen LogP contribution in [0.3, 0.4) is 0 Å². The first-order valence-corrected chi connectivity index (χ1v) is 11.0. The molecule has 4 aromatic rings. The molecule has 4 rings (SSSR count). The van der Waals surface area contributed by atoms with Crippen LogP contribution >= 0.6 is 0 Å². The van der Waals surface area contributed by atoms with Crippen molar-refractivity contribution in [2.24, 2.45) is 0 Å². The number of oxazole rings is 1. The van der Waals surface area contributed by atoms with Crippen LogP contribution in [-0.4, -0.2) is 26.8 Å². The molecule has 6 nitrogen and oxygen atoms in total. The number of aromatic carboxylic acids is 1. The molecule has 0 aliphatic heterocycles. The first kappa shape index (κ1) is 21.0. The number of carboxylic acids is 1. The van der Waals surface area contributed by atoms with E-state index in [1.54, 1.807) is 13.0 Å². The van der Waals surface area contributed by atoms with Crippen LogP contribution in [-0.2, 0) is 17.4 Å². The highest BCUT2D eigenvalue weighted by atomic mass is 32.2. The molecular formula is C24H22N2O4S. The van der Waals surface area contributed by atoms with Crippen molar-refractivity contribution >= 4 is 28.1 Å². The minimum absolute atomic E-state index is 0.177. The van der Waals surface area contributed by atoms with Crippen LogP contribution in [0.1, 0.15) is 27.0 Å². The highest BCUT2D eigenvalue weighted by Gasteiger charge is 2.14. The van der Waals surface area contributed by atoms with E-state index in [0.717, 1.165) is 27.8 Å². The molecule has 7 heteroatoms. The monoisotopic (exact) mass is 434 g/mol. The lowest BCUT2D eigenvalue weighted by molar-refractivity contribution is 0.0695. The zero-order chi connectivity index (χ0) is 22.0. The molecule has 1 atom stereocenters. The first-order chi connectivity index (χ1) is 14.9. The van der Waals surface area contributed by atoms with Crippen molar-refractivity contribution in [2.45, 2.75) is 25.2 Å². The number of carboxylic acid groups (broad SMARTS) is 1. The molecule has 2 N–H and O–H groups in total. The summed E-state index contributed by atoms with van der Waals surface area (Å²) in [6, 6.07) is 18.8. The van der Waals surface area contributed by atoms with Crippen LogP contribution in [0, 0.1) is 13.8 Å². The number of benzene rings is 3. The maximum atomic E-state index is 12.6. The van der Waals surface area contributed by atoms with Crippen LogP contribution in [0.5, 0.6) is 0 Å². The topological polar surface area (TPSA) is 92.4 Å². The number of rotatable bonds is 7. The van der Waals surface area contributed by atoms with Gasteiger partial charge in [-0.25, -0.2) is 18.7 Å². The molecule has 158 valence electrons. The normalized spacial score (nSPS) is 12.2. The van der Waals surface area contributed by atoms with Gasteiger partial charge in [-0.05, 0) is 73.4 Å². The van der Waals surface area contributed by atoms with Gasteiger partial charge in [0.25, 0.3) is 0 Å². The second-order valence-corrected chi connectivity index (χ2v) is 8.62. The minimum Gasteiger partial charge on any atom is -0.478 e. The van der Waals surface area contributed by atoms with Gasteiger partial charge in [-0.1, -0.05) is 24.3 Å². The van der Waals surface area contributed by atoms with Crippen molar-refractivity contribution in [2.75, 3.05) is 6.54 Å². The summed E-state index contributed by atoms with van der Waals surface area (Å²) < 4.78 is 21.4. The van der Waals surface area contributed by atoms with Crippen LogP contribution in [0.2, 0.25) is 0 Å². The Morgan fingerprint density at radius 1 is 1.10 bits per heavy atom. The fourth-order valence-electron chi connectivity index (χ4n) is 3.36. The molecular weight excluding hydrogens is 412 g/mol. The van der Waals surface area contributed by atoms with Gasteiger partial charge in [0.15, 0.2) is 5.58 Å². The smallest absolute Gasteiger partial charge is 0.336 e. The second kappa shape index (κ2) is 8.83. The number of nitrogens with zero attached hydrogens (tertiary/aromatic N) is 1. The SMILES string of the molecule is Cc1cc(S(=O)NCCc2ccc3oc(-c4ccccc4)nc3c2)cc(C(=O)O)c1C. The fourth-order valence-corrected chi connectivity index (χ4v) is 4.32. The van der Waals surface area contributed by atoms with Crippen molar-refractivity contribution in [3.05, 3.63) is 82.9 Å². The number of fused-ring (bicyclic) bond motifs is 1. The average molecular weight is 435 g/mol. The Labute approximate surface area is 182 Å². The standard InChI is InChI=1S/C24H22N2O4S/c1-15-12-19(14-20(16(15)2)24(27)28)31(29)25-11-10-17-8-9-22-21(13-17)26-23(30-22)18-6-4-3-5-7-18/h3-9,12-14,25H,10-11H2,1-2H3,(H,27,28). The van der Waals surface area contributed by atoms with Gasteiger partial charge in [-0.2, -0.15) is 0 Å². The molecule has 0 spiro atoms. The molecule has 31 heavy (non-hydrogen) atoms. The van der Waals surface area contributed by atoms with E-state index in [1.807, 2.05) is 55.5 Å². The van der Waals surface area contributed by atoms with E-state index in [2.05, 4.69) is 9.71 Å². The summed E-state index contributed by atoms with van der Waals surface area (Å²) >= 11 is 0. The molecule has 0 radical (unpaired) electrons. The third kappa shape index (κ3) is 4.57. The lowest BCUT2D eigenvalue weighted by Crippen LogP contribution is -2.21. The number of aromatic nitrogens is 1. The third-order valence-corrected chi connectivity index (χ3v) is 6.34. The van der Waals surface area contributed by atoms with Crippen molar-refractivity contribution in [3.8, 4) is 11.5 Å². The highest BCUT2D eigenvalue weighted by Crippen LogP contribution is 2.25. The number of hydrogen-bond acceptors (Lipinski definition) is 4. The van der Waals surface area contributed by atoms with Crippen LogP contribution in [0.25, 0.3) is 22.6 Å². The van der Waals surface area contributed by atoms with E-state index < -0.39 is 17.0 Å². The minimum atomic E-state index is -1.50. The summed E-state index contributed by atoms with van der Waals surface area (Å²) in [6.07, 6.45) is 0.645. The van der Waals surface area contributed by atoms with E-state index in [1.165, 1.54) is 6.07 Å². The number of aryl methyl sites for hydroxylation is 1. The Kier molecular flexibility index (Phi) is 5.97. The van der Waals surface area contributed by atoms with E-state index in [9.17, 15) is 14.1 Å². The zero-order valence-electron chi connectivity index (χ0n) is 17.2. The lowest BCUT2D eigenvalue weighted by atomic mass is 10.0. The summed E-state index contributed by atoms with van der Waals surface area (Å²) in [7, 11) is -1.50. The van der Waals surface area contributed by atoms with Gasteiger partial charge in [0.2, 0.25) is 5.89 Å². The quantitative estimate of drug-likeness (QED) is 0.441. The Morgan fingerprint density at radius 2 is 1.87 bits per heavy atom. The van der Waals surface area contributed by atoms with E-state index in [4.69, 9.17) is 4.42 Å². The van der Waals surface area contributed by atoms with Gasteiger partial charge < -0.3 is 9.52 Å². The van der Waals surface area contributed by atoms with Crippen molar-refractivity contribution in [3.63, 3.8) is 0 Å². The van der Waals surface area contributed by atoms with Crippen LogP contribution < -0.4 is 4.72 Å². The largest absolute Gasteiger partial charge is 0.478 e. The molecule has 0 aliphatic carbocycles. The molecule has 0 saturated carbocycles. The Hall–Kier alpha value is -3.29. The van der Waals surface area contributed by atoms with Gasteiger partial charge in [0, 0.05) is 12.1 Å². The molecule has 0 fully saturated rings. The molecule has 1 unspecified atom stereocenters. The van der Waals surface area contributed by atoms with Gasteiger partial charge in [-0.3, -0.25) is 0 Å². The second-order valence-electron chi connectivity index (χ2n) is 7.32. The molecule has 0 aliphatic rings. The van der Waals surface area contributed by atoms with Crippen molar-refractivity contribution < 1.29 is 18.5 Å². The molecule has 1 aromatic heterocycles. The third-order valence-electron chi connectivity index (χ3n) is 5.20.